The van der Waals surface area contributed by atoms with Crippen molar-refractivity contribution in [2.24, 2.45) is 11.7 Å². The van der Waals surface area contributed by atoms with E-state index in [-0.39, 0.29) is 31.2 Å². The van der Waals surface area contributed by atoms with E-state index in [4.69, 9.17) is 15.2 Å². The largest absolute Gasteiger partial charge is 0.454 e. The molecule has 0 aromatic heterocycles. The molecule has 2 heterocycles. The van der Waals surface area contributed by atoms with Gasteiger partial charge in [0.2, 0.25) is 12.7 Å². The lowest BCUT2D eigenvalue weighted by molar-refractivity contribution is -0.136. The van der Waals surface area contributed by atoms with E-state index >= 15 is 0 Å². The van der Waals surface area contributed by atoms with E-state index in [1.54, 1.807) is 0 Å². The summed E-state index contributed by atoms with van der Waals surface area (Å²) in [6.07, 6.45) is 4.68. The predicted octanol–water partition coefficient (Wildman–Crippen LogP) is 1.57. The first-order chi connectivity index (χ1) is 11.6. The van der Waals surface area contributed by atoms with Gasteiger partial charge in [-0.2, -0.15) is 0 Å². The minimum atomic E-state index is -0.645. The topological polar surface area (TPSA) is 85.0 Å². The van der Waals surface area contributed by atoms with Gasteiger partial charge in [0.1, 0.15) is 0 Å². The third kappa shape index (κ3) is 2.63. The number of aliphatic hydroxyl groups is 1. The molecule has 1 aliphatic carbocycles. The summed E-state index contributed by atoms with van der Waals surface area (Å²) in [4.78, 5) is 13.7. The SMILES string of the molecule is NC(=O)CN1CC[C@]2(O)CCCC[C@H]2[C@@H]1c1ccc2c(c1)OCO2. The van der Waals surface area contributed by atoms with Crippen LogP contribution in [-0.4, -0.2) is 41.4 Å². The molecule has 24 heavy (non-hydrogen) atoms. The number of carbonyl (C=O) groups is 1. The fraction of sp³-hybridized carbons (Fsp3) is 0.611. The summed E-state index contributed by atoms with van der Waals surface area (Å²) in [5.41, 5.74) is 5.88. The van der Waals surface area contributed by atoms with E-state index < -0.39 is 5.60 Å². The lowest BCUT2D eigenvalue weighted by Gasteiger charge is -2.52. The highest BCUT2D eigenvalue weighted by atomic mass is 16.7. The number of benzene rings is 1. The van der Waals surface area contributed by atoms with Gasteiger partial charge in [-0.05, 0) is 37.0 Å². The van der Waals surface area contributed by atoms with Gasteiger partial charge in [-0.1, -0.05) is 18.9 Å². The summed E-state index contributed by atoms with van der Waals surface area (Å²) >= 11 is 0. The van der Waals surface area contributed by atoms with E-state index in [1.165, 1.54) is 0 Å². The van der Waals surface area contributed by atoms with Gasteiger partial charge in [-0.25, -0.2) is 0 Å². The van der Waals surface area contributed by atoms with Crippen LogP contribution in [0.4, 0.5) is 0 Å². The van der Waals surface area contributed by atoms with Gasteiger partial charge in [0.25, 0.3) is 0 Å². The van der Waals surface area contributed by atoms with Crippen molar-refractivity contribution in [2.75, 3.05) is 19.9 Å². The second-order valence-electron chi connectivity index (χ2n) is 7.20. The molecule has 3 N–H and O–H groups in total. The van der Waals surface area contributed by atoms with E-state index in [2.05, 4.69) is 4.90 Å². The van der Waals surface area contributed by atoms with Crippen LogP contribution in [-0.2, 0) is 4.79 Å². The Balaban J connectivity index is 1.72. The molecule has 3 atom stereocenters. The number of nitrogens with zero attached hydrogens (tertiary/aromatic N) is 1. The summed E-state index contributed by atoms with van der Waals surface area (Å²) in [5.74, 6) is 1.26. The number of primary amides is 1. The highest BCUT2D eigenvalue weighted by Gasteiger charge is 2.49. The van der Waals surface area contributed by atoms with Crippen molar-refractivity contribution in [1.29, 1.82) is 0 Å². The first-order valence-electron chi connectivity index (χ1n) is 8.71. The molecular weight excluding hydrogens is 308 g/mol. The monoisotopic (exact) mass is 332 g/mol. The van der Waals surface area contributed by atoms with E-state index in [0.29, 0.717) is 13.0 Å². The molecule has 3 aliphatic rings. The molecule has 4 rings (SSSR count). The number of ether oxygens (including phenoxy) is 2. The Labute approximate surface area is 141 Å². The number of hydrogen-bond donors (Lipinski definition) is 2. The van der Waals surface area contributed by atoms with E-state index in [0.717, 1.165) is 42.7 Å². The fourth-order valence-corrected chi connectivity index (χ4v) is 4.66. The molecule has 2 aliphatic heterocycles. The Morgan fingerprint density at radius 1 is 1.29 bits per heavy atom. The molecule has 0 radical (unpaired) electrons. The van der Waals surface area contributed by atoms with Crippen LogP contribution < -0.4 is 15.2 Å². The van der Waals surface area contributed by atoms with Gasteiger partial charge in [-0.15, -0.1) is 0 Å². The molecule has 0 bridgehead atoms. The van der Waals surface area contributed by atoms with Crippen molar-refractivity contribution in [3.63, 3.8) is 0 Å². The van der Waals surface area contributed by atoms with Crippen molar-refractivity contribution in [1.82, 2.24) is 4.90 Å². The molecule has 1 aromatic carbocycles. The van der Waals surface area contributed by atoms with E-state index in [9.17, 15) is 9.90 Å². The van der Waals surface area contributed by atoms with Crippen molar-refractivity contribution in [3.8, 4) is 11.5 Å². The molecule has 1 aromatic rings. The van der Waals surface area contributed by atoms with Gasteiger partial charge >= 0.3 is 0 Å². The zero-order chi connectivity index (χ0) is 16.7. The van der Waals surface area contributed by atoms with Crippen molar-refractivity contribution < 1.29 is 19.4 Å². The Kier molecular flexibility index (Phi) is 3.89. The lowest BCUT2D eigenvalue weighted by Crippen LogP contribution is -2.56. The van der Waals surface area contributed by atoms with Crippen molar-refractivity contribution in [3.05, 3.63) is 23.8 Å². The molecule has 130 valence electrons. The van der Waals surface area contributed by atoms with Gasteiger partial charge < -0.3 is 20.3 Å². The van der Waals surface area contributed by atoms with Gasteiger partial charge in [0.15, 0.2) is 11.5 Å². The van der Waals surface area contributed by atoms with Crippen LogP contribution in [0, 0.1) is 5.92 Å². The summed E-state index contributed by atoms with van der Waals surface area (Å²) in [7, 11) is 0. The highest BCUT2D eigenvalue weighted by molar-refractivity contribution is 5.76. The summed E-state index contributed by atoms with van der Waals surface area (Å²) < 4.78 is 10.9. The Morgan fingerprint density at radius 2 is 2.12 bits per heavy atom. The number of fused-ring (bicyclic) bond motifs is 2. The molecule has 6 nitrogen and oxygen atoms in total. The summed E-state index contributed by atoms with van der Waals surface area (Å²) in [6.45, 7) is 1.13. The zero-order valence-electron chi connectivity index (χ0n) is 13.7. The average Bonchev–Trinajstić information content (AvgIpc) is 3.02. The van der Waals surface area contributed by atoms with Gasteiger partial charge in [0.05, 0.1) is 12.1 Å². The highest BCUT2D eigenvalue weighted by Crippen LogP contribution is 2.50. The van der Waals surface area contributed by atoms with E-state index in [1.807, 2.05) is 18.2 Å². The van der Waals surface area contributed by atoms with Crippen LogP contribution >= 0.6 is 0 Å². The lowest BCUT2D eigenvalue weighted by atomic mass is 9.66. The van der Waals surface area contributed by atoms with Crippen LogP contribution in [0.3, 0.4) is 0 Å². The number of hydrogen-bond acceptors (Lipinski definition) is 5. The maximum atomic E-state index is 11.5. The minimum absolute atomic E-state index is 0.0222. The first-order valence-corrected chi connectivity index (χ1v) is 8.71. The quantitative estimate of drug-likeness (QED) is 0.877. The number of rotatable bonds is 3. The molecule has 1 amide bonds. The van der Waals surface area contributed by atoms with Crippen LogP contribution in [0.5, 0.6) is 11.5 Å². The molecule has 6 heteroatoms. The Bertz CT molecular complexity index is 650. The van der Waals surface area contributed by atoms with Crippen LogP contribution in [0.25, 0.3) is 0 Å². The third-order valence-electron chi connectivity index (χ3n) is 5.77. The zero-order valence-corrected chi connectivity index (χ0v) is 13.7. The molecule has 1 saturated heterocycles. The third-order valence-corrected chi connectivity index (χ3v) is 5.77. The molecule has 0 unspecified atom stereocenters. The summed E-state index contributed by atoms with van der Waals surface area (Å²) in [5, 5.41) is 11.2. The Hall–Kier alpha value is -1.79. The maximum absolute atomic E-state index is 11.5. The first kappa shape index (κ1) is 15.7. The van der Waals surface area contributed by atoms with Crippen LogP contribution in [0.2, 0.25) is 0 Å². The second kappa shape index (κ2) is 5.93. The number of likely N-dealkylation sites (tertiary alicyclic amines) is 1. The summed E-state index contributed by atoms with van der Waals surface area (Å²) in [6, 6.07) is 5.90. The molecular formula is C18H24N2O4. The van der Waals surface area contributed by atoms with Crippen molar-refractivity contribution in [2.45, 2.75) is 43.7 Å². The normalized spacial score (nSPS) is 32.4. The number of carbonyl (C=O) groups excluding carboxylic acids is 1. The number of amides is 1. The second-order valence-corrected chi connectivity index (χ2v) is 7.20. The van der Waals surface area contributed by atoms with Crippen LogP contribution in [0.15, 0.2) is 18.2 Å². The molecule has 0 spiro atoms. The van der Waals surface area contributed by atoms with Crippen LogP contribution in [0.1, 0.15) is 43.7 Å². The van der Waals surface area contributed by atoms with Gasteiger partial charge in [-0.3, -0.25) is 9.69 Å². The standard InChI is InChI=1S/C18H24N2O4/c19-16(21)10-20-8-7-18(22)6-2-1-3-13(18)17(20)12-4-5-14-15(9-12)24-11-23-14/h4-5,9,13,17,22H,1-3,6-8,10-11H2,(H2,19,21)/t13-,17-,18+/m0/s1. The van der Waals surface area contributed by atoms with Crippen molar-refractivity contribution >= 4 is 5.91 Å². The predicted molar refractivity (Wildman–Crippen MR) is 87.6 cm³/mol. The average molecular weight is 332 g/mol. The number of nitrogens with two attached hydrogens (primary N) is 1. The van der Waals surface area contributed by atoms with Gasteiger partial charge in [0, 0.05) is 18.5 Å². The Morgan fingerprint density at radius 3 is 2.96 bits per heavy atom. The molecule has 2 fully saturated rings. The molecule has 1 saturated carbocycles. The number of piperidine rings is 1. The smallest absolute Gasteiger partial charge is 0.231 e. The minimum Gasteiger partial charge on any atom is -0.454 e. The maximum Gasteiger partial charge on any atom is 0.231 e. The fourth-order valence-electron chi connectivity index (χ4n) is 4.66.